The number of aryl methyl sites for hydroxylation is 2. The number of amides is 1. The molecule has 0 atom stereocenters. The Morgan fingerprint density at radius 3 is 2.67 bits per heavy atom. The first-order chi connectivity index (χ1) is 11.5. The molecule has 0 aromatic carbocycles. The minimum Gasteiger partial charge on any atom is -0.354 e. The van der Waals surface area contributed by atoms with Crippen LogP contribution in [0, 0.1) is 5.92 Å². The van der Waals surface area contributed by atoms with E-state index in [0.29, 0.717) is 13.1 Å². The highest BCUT2D eigenvalue weighted by Crippen LogP contribution is 2.27. The van der Waals surface area contributed by atoms with Crippen molar-refractivity contribution in [3.8, 4) is 0 Å². The minimum absolute atomic E-state index is 0.0166. The van der Waals surface area contributed by atoms with Gasteiger partial charge in [-0.05, 0) is 25.7 Å². The van der Waals surface area contributed by atoms with E-state index in [0.717, 1.165) is 23.9 Å². The number of hydrogen-bond acceptors (Lipinski definition) is 4. The Morgan fingerprint density at radius 2 is 2.00 bits per heavy atom. The Morgan fingerprint density at radius 1 is 1.29 bits per heavy atom. The van der Waals surface area contributed by atoms with Gasteiger partial charge in [0.05, 0.1) is 12.2 Å². The van der Waals surface area contributed by atoms with Crippen molar-refractivity contribution >= 4 is 23.2 Å². The van der Waals surface area contributed by atoms with Gasteiger partial charge in [0.15, 0.2) is 5.96 Å². The molecule has 24 heavy (non-hydrogen) atoms. The van der Waals surface area contributed by atoms with Crippen molar-refractivity contribution < 1.29 is 4.79 Å². The number of aromatic nitrogens is 1. The number of aliphatic imine (C=N–C) groups is 1. The van der Waals surface area contributed by atoms with Crippen LogP contribution in [-0.2, 0) is 24.2 Å². The molecule has 0 spiro atoms. The number of thiazole rings is 1. The molecular formula is C17H29N5OS. The quantitative estimate of drug-likeness (QED) is 0.466. The van der Waals surface area contributed by atoms with Gasteiger partial charge in [-0.3, -0.25) is 9.79 Å². The molecule has 1 heterocycles. The molecule has 7 heteroatoms. The highest BCUT2D eigenvalue weighted by Gasteiger charge is 2.16. The maximum Gasteiger partial charge on any atom is 0.222 e. The summed E-state index contributed by atoms with van der Waals surface area (Å²) in [5.74, 6) is 0.915. The fourth-order valence-corrected chi connectivity index (χ4v) is 3.91. The third-order valence-electron chi connectivity index (χ3n) is 4.07. The van der Waals surface area contributed by atoms with Crippen LogP contribution in [0.2, 0.25) is 0 Å². The van der Waals surface area contributed by atoms with Crippen LogP contribution in [-0.4, -0.2) is 48.9 Å². The number of carbonyl (C=O) groups is 1. The number of rotatable bonds is 6. The maximum atomic E-state index is 11.5. The molecule has 134 valence electrons. The second-order valence-corrected chi connectivity index (χ2v) is 7.63. The van der Waals surface area contributed by atoms with Crippen molar-refractivity contribution in [1.82, 2.24) is 20.5 Å². The number of guanidine groups is 1. The molecule has 0 radical (unpaired) electrons. The second-order valence-electron chi connectivity index (χ2n) is 6.46. The van der Waals surface area contributed by atoms with Crippen LogP contribution in [0.5, 0.6) is 0 Å². The summed E-state index contributed by atoms with van der Waals surface area (Å²) in [6.07, 6.45) is 4.85. The summed E-state index contributed by atoms with van der Waals surface area (Å²) >= 11 is 1.83. The lowest BCUT2D eigenvalue weighted by molar-refractivity contribution is -0.123. The zero-order valence-corrected chi connectivity index (χ0v) is 16.0. The Balaban J connectivity index is 1.80. The molecule has 1 aromatic rings. The average molecular weight is 352 g/mol. The molecule has 0 bridgehead atoms. The largest absolute Gasteiger partial charge is 0.354 e. The van der Waals surface area contributed by atoms with Gasteiger partial charge in [-0.2, -0.15) is 0 Å². The van der Waals surface area contributed by atoms with E-state index in [1.165, 1.54) is 29.8 Å². The molecule has 0 fully saturated rings. The van der Waals surface area contributed by atoms with Crippen LogP contribution >= 0.6 is 11.3 Å². The predicted molar refractivity (Wildman–Crippen MR) is 99.4 cm³/mol. The van der Waals surface area contributed by atoms with Crippen LogP contribution < -0.4 is 10.6 Å². The van der Waals surface area contributed by atoms with E-state index >= 15 is 0 Å². The summed E-state index contributed by atoms with van der Waals surface area (Å²) in [6, 6.07) is 0. The van der Waals surface area contributed by atoms with Gasteiger partial charge in [0.2, 0.25) is 5.91 Å². The first-order valence-corrected chi connectivity index (χ1v) is 9.50. The number of carbonyl (C=O) groups excluding carboxylic acids is 1. The van der Waals surface area contributed by atoms with Gasteiger partial charge in [0.1, 0.15) is 5.01 Å². The summed E-state index contributed by atoms with van der Waals surface area (Å²) in [7, 11) is 3.79. The van der Waals surface area contributed by atoms with Crippen LogP contribution in [0.3, 0.4) is 0 Å². The first kappa shape index (κ1) is 18.7. The fourth-order valence-electron chi connectivity index (χ4n) is 2.70. The van der Waals surface area contributed by atoms with Gasteiger partial charge < -0.3 is 15.5 Å². The topological polar surface area (TPSA) is 69.6 Å². The number of nitrogens with one attached hydrogen (secondary N) is 2. The molecule has 0 aliphatic heterocycles. The number of nitrogens with zero attached hydrogens (tertiary/aromatic N) is 3. The van der Waals surface area contributed by atoms with Crippen molar-refractivity contribution in [2.24, 2.45) is 10.9 Å². The molecule has 6 nitrogen and oxygen atoms in total. The van der Waals surface area contributed by atoms with Crippen molar-refractivity contribution in [1.29, 1.82) is 0 Å². The molecule has 0 unspecified atom stereocenters. The predicted octanol–water partition coefficient (Wildman–Crippen LogP) is 1.80. The lowest BCUT2D eigenvalue weighted by Gasteiger charge is -2.21. The van der Waals surface area contributed by atoms with Gasteiger partial charge in [-0.25, -0.2) is 4.98 Å². The highest BCUT2D eigenvalue weighted by atomic mass is 32.1. The van der Waals surface area contributed by atoms with Gasteiger partial charge in [0.25, 0.3) is 0 Å². The maximum absolute atomic E-state index is 11.5. The number of hydrogen-bond donors (Lipinski definition) is 2. The molecule has 1 amide bonds. The molecule has 1 aromatic heterocycles. The average Bonchev–Trinajstić information content (AvgIpc) is 2.96. The van der Waals surface area contributed by atoms with Gasteiger partial charge in [-0.15, -0.1) is 11.3 Å². The Labute approximate surface area is 148 Å². The lowest BCUT2D eigenvalue weighted by atomic mass is 10.0. The molecule has 2 N–H and O–H groups in total. The Kier molecular flexibility index (Phi) is 7.02. The Bertz CT molecular complexity index is 558. The molecule has 1 aliphatic carbocycles. The molecular weight excluding hydrogens is 322 g/mol. The van der Waals surface area contributed by atoms with Crippen molar-refractivity contribution in [2.75, 3.05) is 27.2 Å². The third kappa shape index (κ3) is 5.19. The van der Waals surface area contributed by atoms with Crippen molar-refractivity contribution in [3.63, 3.8) is 0 Å². The van der Waals surface area contributed by atoms with Crippen molar-refractivity contribution in [3.05, 3.63) is 15.6 Å². The van der Waals surface area contributed by atoms with E-state index in [9.17, 15) is 4.79 Å². The third-order valence-corrected chi connectivity index (χ3v) is 5.21. The van der Waals surface area contributed by atoms with E-state index in [-0.39, 0.29) is 11.8 Å². The Hall–Kier alpha value is -1.63. The van der Waals surface area contributed by atoms with E-state index in [2.05, 4.69) is 20.5 Å². The summed E-state index contributed by atoms with van der Waals surface area (Å²) in [5, 5.41) is 7.33. The summed E-state index contributed by atoms with van der Waals surface area (Å²) < 4.78 is 0. The van der Waals surface area contributed by atoms with E-state index in [1.807, 2.05) is 32.2 Å². The summed E-state index contributed by atoms with van der Waals surface area (Å²) in [6.45, 7) is 5.79. The summed E-state index contributed by atoms with van der Waals surface area (Å²) in [4.78, 5) is 24.2. The SMILES string of the molecule is CN=C(NCCNC(=O)C(C)C)N(C)Cc1nc2c(s1)CCCC2. The molecule has 0 saturated carbocycles. The monoisotopic (exact) mass is 351 g/mol. The van der Waals surface area contributed by atoms with Gasteiger partial charge >= 0.3 is 0 Å². The normalized spacial score (nSPS) is 14.5. The molecule has 0 saturated heterocycles. The smallest absolute Gasteiger partial charge is 0.222 e. The van der Waals surface area contributed by atoms with E-state index in [4.69, 9.17) is 4.98 Å². The zero-order valence-electron chi connectivity index (χ0n) is 15.2. The lowest BCUT2D eigenvalue weighted by Crippen LogP contribution is -2.42. The fraction of sp³-hybridized carbons (Fsp3) is 0.706. The highest BCUT2D eigenvalue weighted by molar-refractivity contribution is 7.11. The van der Waals surface area contributed by atoms with Gasteiger partial charge in [0, 0.05) is 38.0 Å². The van der Waals surface area contributed by atoms with Crippen LogP contribution in [0.25, 0.3) is 0 Å². The van der Waals surface area contributed by atoms with Crippen LogP contribution in [0.15, 0.2) is 4.99 Å². The zero-order chi connectivity index (χ0) is 17.5. The number of fused-ring (bicyclic) bond motifs is 1. The molecule has 2 rings (SSSR count). The van der Waals surface area contributed by atoms with Crippen LogP contribution in [0.4, 0.5) is 0 Å². The van der Waals surface area contributed by atoms with Gasteiger partial charge in [-0.1, -0.05) is 13.8 Å². The standard InChI is InChI=1S/C17H29N5OS/c1-12(2)16(23)19-9-10-20-17(18-3)22(4)11-15-21-13-7-5-6-8-14(13)24-15/h12H,5-11H2,1-4H3,(H,18,20)(H,19,23). The molecule has 1 aliphatic rings. The van der Waals surface area contributed by atoms with Crippen molar-refractivity contribution in [2.45, 2.75) is 46.1 Å². The summed E-state index contributed by atoms with van der Waals surface area (Å²) in [5.41, 5.74) is 1.30. The second kappa shape index (κ2) is 9.01. The van der Waals surface area contributed by atoms with Crippen LogP contribution in [0.1, 0.15) is 42.3 Å². The van der Waals surface area contributed by atoms with E-state index < -0.39 is 0 Å². The minimum atomic E-state index is 0.0166. The van der Waals surface area contributed by atoms with E-state index in [1.54, 1.807) is 7.05 Å². The first-order valence-electron chi connectivity index (χ1n) is 8.68.